The Balaban J connectivity index is 1.94. The first kappa shape index (κ1) is 15.6. The number of carbonyl (C=O) groups excluding carboxylic acids is 1. The molecule has 21 heavy (non-hydrogen) atoms. The summed E-state index contributed by atoms with van der Waals surface area (Å²) < 4.78 is 5.57. The standard InChI is InChI=1S/C16H19ClN2O2/c1-2-9-18-10-11-19-16(20)15-8-7-14(21-15)12-5-3-4-6-13(12)17/h3-8,18H,2,9-11H2,1H3,(H,19,20). The summed E-state index contributed by atoms with van der Waals surface area (Å²) in [6, 6.07) is 10.8. The maximum absolute atomic E-state index is 11.9. The molecule has 1 heterocycles. The average molecular weight is 307 g/mol. The molecule has 0 saturated heterocycles. The maximum Gasteiger partial charge on any atom is 0.287 e. The molecule has 0 aliphatic rings. The van der Waals surface area contributed by atoms with Crippen molar-refractivity contribution in [2.45, 2.75) is 13.3 Å². The lowest BCUT2D eigenvalue weighted by molar-refractivity contribution is 0.0927. The number of halogens is 1. The monoisotopic (exact) mass is 306 g/mol. The summed E-state index contributed by atoms with van der Waals surface area (Å²) in [5, 5.41) is 6.63. The second kappa shape index (κ2) is 7.86. The van der Waals surface area contributed by atoms with Gasteiger partial charge in [-0.2, -0.15) is 0 Å². The van der Waals surface area contributed by atoms with E-state index >= 15 is 0 Å². The molecule has 0 aliphatic heterocycles. The highest BCUT2D eigenvalue weighted by Gasteiger charge is 2.13. The van der Waals surface area contributed by atoms with Crippen LogP contribution >= 0.6 is 11.6 Å². The number of amides is 1. The van der Waals surface area contributed by atoms with Crippen molar-refractivity contribution >= 4 is 17.5 Å². The SMILES string of the molecule is CCCNCCNC(=O)c1ccc(-c2ccccc2Cl)o1. The zero-order valence-electron chi connectivity index (χ0n) is 12.0. The van der Waals surface area contributed by atoms with Crippen LogP contribution in [0.3, 0.4) is 0 Å². The summed E-state index contributed by atoms with van der Waals surface area (Å²) in [6.45, 7) is 4.37. The van der Waals surface area contributed by atoms with Gasteiger partial charge in [0.05, 0.1) is 5.02 Å². The van der Waals surface area contributed by atoms with Gasteiger partial charge in [0, 0.05) is 18.7 Å². The van der Waals surface area contributed by atoms with E-state index in [1.807, 2.05) is 18.2 Å². The summed E-state index contributed by atoms with van der Waals surface area (Å²) in [5.74, 6) is 0.668. The van der Waals surface area contributed by atoms with Gasteiger partial charge in [-0.15, -0.1) is 0 Å². The van der Waals surface area contributed by atoms with Gasteiger partial charge in [-0.05, 0) is 37.2 Å². The molecule has 2 aromatic rings. The molecule has 1 aromatic carbocycles. The molecule has 1 aromatic heterocycles. The summed E-state index contributed by atoms with van der Waals surface area (Å²) in [6.07, 6.45) is 1.08. The quantitative estimate of drug-likeness (QED) is 0.772. The number of benzene rings is 1. The van der Waals surface area contributed by atoms with Gasteiger partial charge in [0.25, 0.3) is 5.91 Å². The molecule has 0 aliphatic carbocycles. The van der Waals surface area contributed by atoms with Crippen molar-refractivity contribution < 1.29 is 9.21 Å². The van der Waals surface area contributed by atoms with Crippen LogP contribution in [0.4, 0.5) is 0 Å². The van der Waals surface area contributed by atoms with Gasteiger partial charge in [-0.3, -0.25) is 4.79 Å². The fourth-order valence-corrected chi connectivity index (χ4v) is 2.15. The van der Waals surface area contributed by atoms with Gasteiger partial charge in [0.15, 0.2) is 5.76 Å². The van der Waals surface area contributed by atoms with Crippen LogP contribution in [0.5, 0.6) is 0 Å². The van der Waals surface area contributed by atoms with Crippen molar-refractivity contribution in [3.05, 3.63) is 47.2 Å². The number of furan rings is 1. The second-order valence-corrected chi connectivity index (χ2v) is 5.06. The van der Waals surface area contributed by atoms with E-state index in [4.69, 9.17) is 16.0 Å². The van der Waals surface area contributed by atoms with E-state index in [9.17, 15) is 4.79 Å². The van der Waals surface area contributed by atoms with Crippen LogP contribution in [-0.2, 0) is 0 Å². The summed E-state index contributed by atoms with van der Waals surface area (Å²) in [7, 11) is 0. The Kier molecular flexibility index (Phi) is 5.84. The molecule has 2 N–H and O–H groups in total. The minimum Gasteiger partial charge on any atom is -0.451 e. The van der Waals surface area contributed by atoms with E-state index in [0.29, 0.717) is 23.1 Å². The Hall–Kier alpha value is -1.78. The lowest BCUT2D eigenvalue weighted by atomic mass is 10.2. The van der Waals surface area contributed by atoms with Crippen molar-refractivity contribution in [2.75, 3.05) is 19.6 Å². The smallest absolute Gasteiger partial charge is 0.287 e. The van der Waals surface area contributed by atoms with E-state index in [-0.39, 0.29) is 5.91 Å². The Morgan fingerprint density at radius 1 is 1.14 bits per heavy atom. The van der Waals surface area contributed by atoms with Crippen molar-refractivity contribution in [2.24, 2.45) is 0 Å². The van der Waals surface area contributed by atoms with Crippen LogP contribution < -0.4 is 10.6 Å². The molecule has 5 heteroatoms. The molecule has 0 atom stereocenters. The minimum atomic E-state index is -0.216. The lowest BCUT2D eigenvalue weighted by Crippen LogP contribution is -2.31. The molecule has 0 spiro atoms. The number of carbonyl (C=O) groups is 1. The fourth-order valence-electron chi connectivity index (χ4n) is 1.92. The van der Waals surface area contributed by atoms with Crippen LogP contribution in [0.25, 0.3) is 11.3 Å². The summed E-state index contributed by atoms with van der Waals surface area (Å²) in [5.41, 5.74) is 0.780. The number of hydrogen-bond acceptors (Lipinski definition) is 3. The van der Waals surface area contributed by atoms with Crippen LogP contribution in [-0.4, -0.2) is 25.5 Å². The molecule has 4 nitrogen and oxygen atoms in total. The lowest BCUT2D eigenvalue weighted by Gasteiger charge is -2.04. The van der Waals surface area contributed by atoms with Gasteiger partial charge in [0.2, 0.25) is 0 Å². The van der Waals surface area contributed by atoms with Crippen LogP contribution in [0.1, 0.15) is 23.9 Å². The molecule has 0 fully saturated rings. The van der Waals surface area contributed by atoms with E-state index in [1.54, 1.807) is 18.2 Å². The molecule has 1 amide bonds. The van der Waals surface area contributed by atoms with E-state index in [1.165, 1.54) is 0 Å². The topological polar surface area (TPSA) is 54.3 Å². The average Bonchev–Trinajstić information content (AvgIpc) is 2.97. The minimum absolute atomic E-state index is 0.216. The van der Waals surface area contributed by atoms with Crippen molar-refractivity contribution in [3.8, 4) is 11.3 Å². The molecular formula is C16H19ClN2O2. The van der Waals surface area contributed by atoms with Gasteiger partial charge in [-0.25, -0.2) is 0 Å². The third kappa shape index (κ3) is 4.34. The zero-order valence-corrected chi connectivity index (χ0v) is 12.7. The fraction of sp³-hybridized carbons (Fsp3) is 0.312. The van der Waals surface area contributed by atoms with Gasteiger partial charge >= 0.3 is 0 Å². The molecule has 0 saturated carbocycles. The largest absolute Gasteiger partial charge is 0.451 e. The predicted molar refractivity (Wildman–Crippen MR) is 84.6 cm³/mol. The van der Waals surface area contributed by atoms with Crippen molar-refractivity contribution in [1.82, 2.24) is 10.6 Å². The molecule has 0 unspecified atom stereocenters. The molecule has 0 radical (unpaired) electrons. The highest BCUT2D eigenvalue weighted by Crippen LogP contribution is 2.28. The number of rotatable bonds is 7. The normalized spacial score (nSPS) is 10.6. The Labute approximate surface area is 129 Å². The van der Waals surface area contributed by atoms with E-state index in [0.717, 1.165) is 25.1 Å². The highest BCUT2D eigenvalue weighted by atomic mass is 35.5. The Morgan fingerprint density at radius 3 is 2.71 bits per heavy atom. The third-order valence-corrected chi connectivity index (χ3v) is 3.31. The van der Waals surface area contributed by atoms with Crippen molar-refractivity contribution in [1.29, 1.82) is 0 Å². The summed E-state index contributed by atoms with van der Waals surface area (Å²) >= 11 is 6.11. The molecule has 112 valence electrons. The first-order chi connectivity index (χ1) is 10.2. The second-order valence-electron chi connectivity index (χ2n) is 4.65. The summed E-state index contributed by atoms with van der Waals surface area (Å²) in [4.78, 5) is 11.9. The third-order valence-electron chi connectivity index (χ3n) is 2.98. The number of nitrogens with one attached hydrogen (secondary N) is 2. The van der Waals surface area contributed by atoms with Crippen LogP contribution in [0, 0.1) is 0 Å². The van der Waals surface area contributed by atoms with E-state index in [2.05, 4.69) is 17.6 Å². The highest BCUT2D eigenvalue weighted by molar-refractivity contribution is 6.33. The maximum atomic E-state index is 11.9. The zero-order chi connectivity index (χ0) is 15.1. The van der Waals surface area contributed by atoms with Gasteiger partial charge in [0.1, 0.15) is 5.76 Å². The number of hydrogen-bond donors (Lipinski definition) is 2. The van der Waals surface area contributed by atoms with Gasteiger partial charge < -0.3 is 15.1 Å². The van der Waals surface area contributed by atoms with Gasteiger partial charge in [-0.1, -0.05) is 30.7 Å². The predicted octanol–water partition coefficient (Wildman–Crippen LogP) is 3.33. The molecule has 2 rings (SSSR count). The van der Waals surface area contributed by atoms with Crippen molar-refractivity contribution in [3.63, 3.8) is 0 Å². The van der Waals surface area contributed by atoms with Crippen LogP contribution in [0.2, 0.25) is 5.02 Å². The first-order valence-electron chi connectivity index (χ1n) is 7.06. The molecule has 0 bridgehead atoms. The Morgan fingerprint density at radius 2 is 1.95 bits per heavy atom. The first-order valence-corrected chi connectivity index (χ1v) is 7.44. The Bertz CT molecular complexity index is 595. The van der Waals surface area contributed by atoms with E-state index < -0.39 is 0 Å². The molecular weight excluding hydrogens is 288 g/mol. The van der Waals surface area contributed by atoms with Crippen LogP contribution in [0.15, 0.2) is 40.8 Å².